The number of hydrogen-bond acceptors (Lipinski definition) is 3. The summed E-state index contributed by atoms with van der Waals surface area (Å²) in [6, 6.07) is 5.94. The van der Waals surface area contributed by atoms with Crippen LogP contribution in [0.15, 0.2) is 35.6 Å². The van der Waals surface area contributed by atoms with Crippen LogP contribution in [-0.4, -0.2) is 22.6 Å². The minimum Gasteiger partial charge on any atom is -0.494 e. The molecule has 0 aliphatic rings. The SMILES string of the molecule is COc1c(C)cccc1N=C(C)c1cnn(C)c1. The molecule has 0 atom stereocenters. The fourth-order valence-corrected chi connectivity index (χ4v) is 1.84. The van der Waals surface area contributed by atoms with E-state index in [2.05, 4.69) is 10.1 Å². The summed E-state index contributed by atoms with van der Waals surface area (Å²) in [6.45, 7) is 3.98. The summed E-state index contributed by atoms with van der Waals surface area (Å²) in [5.74, 6) is 0.820. The van der Waals surface area contributed by atoms with Crippen molar-refractivity contribution in [2.45, 2.75) is 13.8 Å². The quantitative estimate of drug-likeness (QED) is 0.777. The second kappa shape index (κ2) is 5.04. The number of benzene rings is 1. The summed E-state index contributed by atoms with van der Waals surface area (Å²) in [5.41, 5.74) is 3.87. The lowest BCUT2D eigenvalue weighted by molar-refractivity contribution is 0.413. The van der Waals surface area contributed by atoms with E-state index in [0.717, 1.165) is 28.3 Å². The van der Waals surface area contributed by atoms with Crippen molar-refractivity contribution >= 4 is 11.4 Å². The Bertz CT molecular complexity index is 584. The van der Waals surface area contributed by atoms with Crippen LogP contribution in [-0.2, 0) is 7.05 Å². The van der Waals surface area contributed by atoms with E-state index in [-0.39, 0.29) is 0 Å². The van der Waals surface area contributed by atoms with Crippen molar-refractivity contribution in [2.75, 3.05) is 7.11 Å². The largest absolute Gasteiger partial charge is 0.494 e. The molecular formula is C14H17N3O. The smallest absolute Gasteiger partial charge is 0.147 e. The van der Waals surface area contributed by atoms with Gasteiger partial charge in [-0.05, 0) is 25.5 Å². The first-order valence-electron chi connectivity index (χ1n) is 5.79. The summed E-state index contributed by atoms with van der Waals surface area (Å²) in [4.78, 5) is 4.61. The van der Waals surface area contributed by atoms with E-state index in [1.165, 1.54) is 0 Å². The van der Waals surface area contributed by atoms with Crippen molar-refractivity contribution in [2.24, 2.45) is 12.0 Å². The molecular weight excluding hydrogens is 226 g/mol. The fraction of sp³-hybridized carbons (Fsp3) is 0.286. The molecule has 4 heteroatoms. The molecule has 1 aromatic carbocycles. The third-order valence-corrected chi connectivity index (χ3v) is 2.81. The molecule has 0 amide bonds. The average molecular weight is 243 g/mol. The molecule has 0 unspecified atom stereocenters. The van der Waals surface area contributed by atoms with Crippen LogP contribution in [0.1, 0.15) is 18.1 Å². The van der Waals surface area contributed by atoms with Gasteiger partial charge in [-0.15, -0.1) is 0 Å². The van der Waals surface area contributed by atoms with Crippen LogP contribution in [0.5, 0.6) is 5.75 Å². The van der Waals surface area contributed by atoms with E-state index in [4.69, 9.17) is 4.74 Å². The van der Waals surface area contributed by atoms with Gasteiger partial charge in [-0.2, -0.15) is 5.10 Å². The molecule has 0 radical (unpaired) electrons. The van der Waals surface area contributed by atoms with Gasteiger partial charge in [0.25, 0.3) is 0 Å². The molecule has 0 spiro atoms. The van der Waals surface area contributed by atoms with Crippen LogP contribution >= 0.6 is 0 Å². The molecule has 1 heterocycles. The number of aliphatic imine (C=N–C) groups is 1. The summed E-state index contributed by atoms with van der Waals surface area (Å²) < 4.78 is 7.16. The minimum absolute atomic E-state index is 0.820. The molecule has 4 nitrogen and oxygen atoms in total. The van der Waals surface area contributed by atoms with Crippen LogP contribution in [0.25, 0.3) is 0 Å². The second-order valence-corrected chi connectivity index (χ2v) is 4.23. The number of para-hydroxylation sites is 1. The van der Waals surface area contributed by atoms with Crippen molar-refractivity contribution in [3.8, 4) is 5.75 Å². The molecule has 0 aliphatic heterocycles. The maximum absolute atomic E-state index is 5.39. The predicted molar refractivity (Wildman–Crippen MR) is 72.8 cm³/mol. The molecule has 2 rings (SSSR count). The summed E-state index contributed by atoms with van der Waals surface area (Å²) in [6.07, 6.45) is 3.75. The van der Waals surface area contributed by atoms with E-state index in [0.29, 0.717) is 0 Å². The first-order valence-corrected chi connectivity index (χ1v) is 5.79. The zero-order chi connectivity index (χ0) is 13.1. The molecule has 2 aromatic rings. The Hall–Kier alpha value is -2.10. The highest BCUT2D eigenvalue weighted by atomic mass is 16.5. The average Bonchev–Trinajstić information content (AvgIpc) is 2.76. The molecule has 0 N–H and O–H groups in total. The van der Waals surface area contributed by atoms with Gasteiger partial charge in [0, 0.05) is 24.5 Å². The topological polar surface area (TPSA) is 39.4 Å². The maximum Gasteiger partial charge on any atom is 0.147 e. The normalized spacial score (nSPS) is 11.7. The number of nitrogens with zero attached hydrogens (tertiary/aromatic N) is 3. The van der Waals surface area contributed by atoms with Crippen molar-refractivity contribution in [1.82, 2.24) is 9.78 Å². The first-order chi connectivity index (χ1) is 8.61. The van der Waals surface area contributed by atoms with Crippen LogP contribution < -0.4 is 4.74 Å². The van der Waals surface area contributed by atoms with E-state index in [9.17, 15) is 0 Å². The van der Waals surface area contributed by atoms with Gasteiger partial charge in [0.15, 0.2) is 0 Å². The van der Waals surface area contributed by atoms with Crippen molar-refractivity contribution < 1.29 is 4.74 Å². The zero-order valence-corrected chi connectivity index (χ0v) is 11.1. The summed E-state index contributed by atoms with van der Waals surface area (Å²) in [5, 5.41) is 4.14. The first kappa shape index (κ1) is 12.4. The highest BCUT2D eigenvalue weighted by Gasteiger charge is 2.06. The van der Waals surface area contributed by atoms with Gasteiger partial charge in [0.2, 0.25) is 0 Å². The number of hydrogen-bond donors (Lipinski definition) is 0. The van der Waals surface area contributed by atoms with E-state index in [1.807, 2.05) is 45.3 Å². The van der Waals surface area contributed by atoms with Crippen molar-refractivity contribution in [3.63, 3.8) is 0 Å². The van der Waals surface area contributed by atoms with Gasteiger partial charge >= 0.3 is 0 Å². The number of aromatic nitrogens is 2. The van der Waals surface area contributed by atoms with Gasteiger partial charge in [0.1, 0.15) is 11.4 Å². The maximum atomic E-state index is 5.39. The third-order valence-electron chi connectivity index (χ3n) is 2.81. The highest BCUT2D eigenvalue weighted by molar-refractivity contribution is 6.00. The van der Waals surface area contributed by atoms with E-state index < -0.39 is 0 Å². The zero-order valence-electron chi connectivity index (χ0n) is 11.1. The van der Waals surface area contributed by atoms with E-state index >= 15 is 0 Å². The lowest BCUT2D eigenvalue weighted by Crippen LogP contribution is -1.93. The Morgan fingerprint density at radius 2 is 2.17 bits per heavy atom. The van der Waals surface area contributed by atoms with Crippen LogP contribution in [0.2, 0.25) is 0 Å². The fourth-order valence-electron chi connectivity index (χ4n) is 1.84. The Labute approximate surface area is 107 Å². The van der Waals surface area contributed by atoms with Gasteiger partial charge in [-0.3, -0.25) is 4.68 Å². The number of ether oxygens (including phenoxy) is 1. The molecule has 18 heavy (non-hydrogen) atoms. The van der Waals surface area contributed by atoms with Gasteiger partial charge in [0.05, 0.1) is 13.3 Å². The standard InChI is InChI=1S/C14H17N3O/c1-10-6-5-7-13(14(10)18-4)16-11(2)12-8-15-17(3)9-12/h5-9H,1-4H3. The molecule has 0 saturated heterocycles. The lowest BCUT2D eigenvalue weighted by atomic mass is 10.2. The lowest BCUT2D eigenvalue weighted by Gasteiger charge is -2.08. The number of rotatable bonds is 3. The third kappa shape index (κ3) is 2.42. The van der Waals surface area contributed by atoms with Gasteiger partial charge in [-0.25, -0.2) is 4.99 Å². The number of methoxy groups -OCH3 is 1. The van der Waals surface area contributed by atoms with Crippen LogP contribution in [0, 0.1) is 6.92 Å². The summed E-state index contributed by atoms with van der Waals surface area (Å²) in [7, 11) is 3.56. The molecule has 0 aliphatic carbocycles. The molecule has 94 valence electrons. The predicted octanol–water partition coefficient (Wildman–Crippen LogP) is 2.88. The highest BCUT2D eigenvalue weighted by Crippen LogP contribution is 2.31. The van der Waals surface area contributed by atoms with Crippen molar-refractivity contribution in [3.05, 3.63) is 41.7 Å². The Morgan fingerprint density at radius 1 is 1.39 bits per heavy atom. The number of aryl methyl sites for hydroxylation is 2. The van der Waals surface area contributed by atoms with Gasteiger partial charge in [-0.1, -0.05) is 12.1 Å². The second-order valence-electron chi connectivity index (χ2n) is 4.23. The van der Waals surface area contributed by atoms with Crippen LogP contribution in [0.3, 0.4) is 0 Å². The minimum atomic E-state index is 0.820. The Kier molecular flexibility index (Phi) is 3.46. The van der Waals surface area contributed by atoms with E-state index in [1.54, 1.807) is 18.0 Å². The monoisotopic (exact) mass is 243 g/mol. The molecule has 0 fully saturated rings. The van der Waals surface area contributed by atoms with Gasteiger partial charge < -0.3 is 4.74 Å². The van der Waals surface area contributed by atoms with Crippen LogP contribution in [0.4, 0.5) is 5.69 Å². The molecule has 0 bridgehead atoms. The summed E-state index contributed by atoms with van der Waals surface area (Å²) >= 11 is 0. The Morgan fingerprint density at radius 3 is 2.78 bits per heavy atom. The Balaban J connectivity index is 2.41. The molecule has 0 saturated carbocycles. The molecule has 1 aromatic heterocycles. The van der Waals surface area contributed by atoms with Crippen molar-refractivity contribution in [1.29, 1.82) is 0 Å².